The van der Waals surface area contributed by atoms with Crippen LogP contribution in [0.3, 0.4) is 0 Å². The van der Waals surface area contributed by atoms with Crippen molar-refractivity contribution in [2.75, 3.05) is 5.32 Å². The van der Waals surface area contributed by atoms with Crippen LogP contribution in [0.5, 0.6) is 0 Å². The minimum atomic E-state index is -0.193. The average molecular weight is 347 g/mol. The largest absolute Gasteiger partial charge is 0.323 e. The van der Waals surface area contributed by atoms with Gasteiger partial charge in [0, 0.05) is 16.2 Å². The lowest BCUT2D eigenvalue weighted by Gasteiger charge is -2.06. The Morgan fingerprint density at radius 3 is 2.65 bits per heavy atom. The Morgan fingerprint density at radius 1 is 1.17 bits per heavy atom. The molecule has 3 rings (SSSR count). The summed E-state index contributed by atoms with van der Waals surface area (Å²) in [5, 5.41) is 10.6. The van der Waals surface area contributed by atoms with Crippen molar-refractivity contribution < 1.29 is 4.79 Å². The number of hydrogen-bond donors (Lipinski definition) is 2. The molecule has 1 amide bonds. The number of carbonyl (C=O) groups is 1. The van der Waals surface area contributed by atoms with Crippen LogP contribution in [0, 0.1) is 0 Å². The minimum absolute atomic E-state index is 0.160. The molecule has 0 radical (unpaired) electrons. The smallest absolute Gasteiger partial charge is 0.228 e. The highest BCUT2D eigenvalue weighted by Gasteiger charge is 2.12. The number of H-pyrrole nitrogens is 1. The normalized spacial score (nSPS) is 10.5. The molecule has 5 nitrogen and oxygen atoms in total. The zero-order valence-corrected chi connectivity index (χ0v) is 13.4. The number of hydrogen-bond acceptors (Lipinski definition) is 3. The number of rotatable bonds is 4. The molecule has 23 heavy (non-hydrogen) atoms. The second kappa shape index (κ2) is 6.81. The summed E-state index contributed by atoms with van der Waals surface area (Å²) in [7, 11) is 0. The molecule has 2 heterocycles. The molecule has 0 atom stereocenters. The Hall–Kier alpha value is -2.37. The fraction of sp³-hybridized carbons (Fsp3) is 0.0625. The fourth-order valence-corrected chi connectivity index (χ4v) is 2.75. The van der Waals surface area contributed by atoms with Crippen molar-refractivity contribution in [2.24, 2.45) is 0 Å². The zero-order valence-electron chi connectivity index (χ0n) is 11.9. The van der Waals surface area contributed by atoms with Crippen LogP contribution < -0.4 is 5.32 Å². The third kappa shape index (κ3) is 3.88. The first kappa shape index (κ1) is 15.5. The van der Waals surface area contributed by atoms with Gasteiger partial charge in [0.1, 0.15) is 5.69 Å². The van der Waals surface area contributed by atoms with Crippen LogP contribution >= 0.6 is 23.2 Å². The van der Waals surface area contributed by atoms with Gasteiger partial charge in [-0.2, -0.15) is 5.10 Å². The summed E-state index contributed by atoms with van der Waals surface area (Å²) >= 11 is 11.9. The Morgan fingerprint density at radius 2 is 1.96 bits per heavy atom. The first-order valence-corrected chi connectivity index (χ1v) is 7.57. The van der Waals surface area contributed by atoms with Gasteiger partial charge in [0.05, 0.1) is 24.0 Å². The number of aromatic nitrogens is 3. The van der Waals surface area contributed by atoms with E-state index in [2.05, 4.69) is 20.5 Å². The zero-order chi connectivity index (χ0) is 16.2. The summed E-state index contributed by atoms with van der Waals surface area (Å²) in [5.41, 5.74) is 2.67. The molecule has 1 aromatic carbocycles. The summed E-state index contributed by atoms with van der Waals surface area (Å²) in [4.78, 5) is 16.5. The van der Waals surface area contributed by atoms with E-state index in [9.17, 15) is 4.79 Å². The molecule has 116 valence electrons. The molecule has 0 saturated heterocycles. The van der Waals surface area contributed by atoms with E-state index in [1.54, 1.807) is 30.6 Å². The molecule has 3 aromatic rings. The molecule has 0 bridgehead atoms. The molecular weight excluding hydrogens is 335 g/mol. The van der Waals surface area contributed by atoms with Crippen molar-refractivity contribution in [2.45, 2.75) is 6.42 Å². The Labute approximate surface area is 142 Å². The van der Waals surface area contributed by atoms with Gasteiger partial charge in [0.2, 0.25) is 5.91 Å². The lowest BCUT2D eigenvalue weighted by atomic mass is 10.1. The van der Waals surface area contributed by atoms with E-state index in [0.717, 1.165) is 5.56 Å². The average Bonchev–Trinajstić information content (AvgIpc) is 2.95. The first-order valence-electron chi connectivity index (χ1n) is 6.81. The number of carbonyl (C=O) groups excluding carboxylic acids is 1. The number of halogens is 2. The number of anilines is 1. The number of pyridine rings is 1. The topological polar surface area (TPSA) is 70.7 Å². The van der Waals surface area contributed by atoms with Gasteiger partial charge >= 0.3 is 0 Å². The maximum atomic E-state index is 12.2. The van der Waals surface area contributed by atoms with Crippen LogP contribution in [-0.4, -0.2) is 21.1 Å². The van der Waals surface area contributed by atoms with Gasteiger partial charge in [0.25, 0.3) is 0 Å². The monoisotopic (exact) mass is 346 g/mol. The Balaban J connectivity index is 1.75. The van der Waals surface area contributed by atoms with Gasteiger partial charge in [0.15, 0.2) is 0 Å². The van der Waals surface area contributed by atoms with E-state index in [1.165, 1.54) is 0 Å². The molecule has 0 spiro atoms. The third-order valence-electron chi connectivity index (χ3n) is 3.12. The number of benzene rings is 1. The predicted octanol–water partition coefficient (Wildman–Crippen LogP) is 3.96. The van der Waals surface area contributed by atoms with Crippen LogP contribution in [0.15, 0.2) is 48.8 Å². The van der Waals surface area contributed by atoms with Crippen LogP contribution in [0.2, 0.25) is 10.0 Å². The molecule has 0 aliphatic heterocycles. The van der Waals surface area contributed by atoms with Crippen LogP contribution in [0.25, 0.3) is 11.4 Å². The first-order chi connectivity index (χ1) is 11.1. The lowest BCUT2D eigenvalue weighted by Crippen LogP contribution is -2.14. The third-order valence-corrected chi connectivity index (χ3v) is 3.56. The fourth-order valence-electron chi connectivity index (χ4n) is 2.18. The summed E-state index contributed by atoms with van der Waals surface area (Å²) in [6.07, 6.45) is 3.38. The predicted molar refractivity (Wildman–Crippen MR) is 90.6 cm³/mol. The molecule has 0 unspecified atom stereocenters. The van der Waals surface area contributed by atoms with Gasteiger partial charge in [-0.15, -0.1) is 0 Å². The molecule has 7 heteroatoms. The maximum absolute atomic E-state index is 12.2. The van der Waals surface area contributed by atoms with Crippen molar-refractivity contribution in [3.63, 3.8) is 0 Å². The van der Waals surface area contributed by atoms with Gasteiger partial charge < -0.3 is 5.32 Å². The van der Waals surface area contributed by atoms with E-state index >= 15 is 0 Å². The van der Waals surface area contributed by atoms with Gasteiger partial charge in [-0.1, -0.05) is 29.3 Å². The molecule has 0 aliphatic carbocycles. The van der Waals surface area contributed by atoms with Crippen molar-refractivity contribution in [3.8, 4) is 11.4 Å². The van der Waals surface area contributed by atoms with E-state index < -0.39 is 0 Å². The lowest BCUT2D eigenvalue weighted by molar-refractivity contribution is -0.115. The number of amides is 1. The van der Waals surface area contributed by atoms with Crippen molar-refractivity contribution in [1.29, 1.82) is 0 Å². The van der Waals surface area contributed by atoms with Gasteiger partial charge in [-0.25, -0.2) is 0 Å². The Kier molecular flexibility index (Phi) is 4.60. The van der Waals surface area contributed by atoms with E-state index in [0.29, 0.717) is 27.1 Å². The van der Waals surface area contributed by atoms with Crippen molar-refractivity contribution in [1.82, 2.24) is 15.2 Å². The number of nitrogens with one attached hydrogen (secondary N) is 2. The van der Waals surface area contributed by atoms with Gasteiger partial charge in [-0.05, 0) is 35.9 Å². The standard InChI is InChI=1S/C16H12Cl2N4O/c17-11-5-10(6-12(18)8-11)7-15(23)21-14-9-20-22-16(14)13-3-1-2-4-19-13/h1-6,8-9H,7H2,(H,20,22)(H,21,23). The second-order valence-electron chi connectivity index (χ2n) is 4.88. The van der Waals surface area contributed by atoms with E-state index in [1.807, 2.05) is 18.2 Å². The highest BCUT2D eigenvalue weighted by molar-refractivity contribution is 6.34. The van der Waals surface area contributed by atoms with Gasteiger partial charge in [-0.3, -0.25) is 14.9 Å². The van der Waals surface area contributed by atoms with E-state index in [4.69, 9.17) is 23.2 Å². The summed E-state index contributed by atoms with van der Waals surface area (Å²) < 4.78 is 0. The summed E-state index contributed by atoms with van der Waals surface area (Å²) in [5.74, 6) is -0.193. The van der Waals surface area contributed by atoms with Crippen molar-refractivity contribution in [3.05, 3.63) is 64.4 Å². The number of aromatic amines is 1. The minimum Gasteiger partial charge on any atom is -0.323 e. The SMILES string of the molecule is O=C(Cc1cc(Cl)cc(Cl)c1)Nc1cn[nH]c1-c1ccccn1. The maximum Gasteiger partial charge on any atom is 0.228 e. The highest BCUT2D eigenvalue weighted by atomic mass is 35.5. The molecule has 0 aliphatic rings. The van der Waals surface area contributed by atoms with E-state index in [-0.39, 0.29) is 12.3 Å². The van der Waals surface area contributed by atoms with Crippen molar-refractivity contribution >= 4 is 34.8 Å². The molecule has 0 saturated carbocycles. The van der Waals surface area contributed by atoms with Crippen LogP contribution in [-0.2, 0) is 11.2 Å². The molecule has 2 aromatic heterocycles. The van der Waals surface area contributed by atoms with Crippen LogP contribution in [0.4, 0.5) is 5.69 Å². The van der Waals surface area contributed by atoms with Crippen LogP contribution in [0.1, 0.15) is 5.56 Å². The summed E-state index contributed by atoms with van der Waals surface area (Å²) in [6.45, 7) is 0. The number of nitrogens with zero attached hydrogens (tertiary/aromatic N) is 2. The second-order valence-corrected chi connectivity index (χ2v) is 5.75. The summed E-state index contributed by atoms with van der Waals surface area (Å²) in [6, 6.07) is 10.6. The Bertz CT molecular complexity index is 813. The molecular formula is C16H12Cl2N4O. The molecule has 2 N–H and O–H groups in total. The molecule has 0 fully saturated rings. The quantitative estimate of drug-likeness (QED) is 0.750. The highest BCUT2D eigenvalue weighted by Crippen LogP contribution is 2.24.